The van der Waals surface area contributed by atoms with Crippen molar-refractivity contribution < 1.29 is 28.6 Å². The normalized spacial score (nSPS) is 14.9. The largest absolute Gasteiger partial charge is 0.465 e. The number of rotatable bonds is 6. The van der Waals surface area contributed by atoms with Crippen molar-refractivity contribution in [3.63, 3.8) is 0 Å². The van der Waals surface area contributed by atoms with Crippen molar-refractivity contribution in [2.75, 3.05) is 20.8 Å². The Hall–Kier alpha value is -4.95. The predicted octanol–water partition coefficient (Wildman–Crippen LogP) is 1.47. The zero-order valence-corrected chi connectivity index (χ0v) is 22.0. The molecule has 198 valence electrons. The van der Waals surface area contributed by atoms with Gasteiger partial charge >= 0.3 is 17.9 Å². The topological polar surface area (TPSA) is 151 Å². The highest BCUT2D eigenvalue weighted by Crippen LogP contribution is 2.36. The summed E-state index contributed by atoms with van der Waals surface area (Å²) in [5, 5.41) is 10.1. The Labute approximate surface area is 226 Å². The number of nitrogens with two attached hydrogens (primary N) is 1. The molecule has 2 aromatic carbocycles. The molecule has 0 radical (unpaired) electrons. The second-order valence-electron chi connectivity index (χ2n) is 8.26. The second kappa shape index (κ2) is 11.2. The maximum Gasteiger partial charge on any atom is 0.338 e. The van der Waals surface area contributed by atoms with Crippen LogP contribution in [0.1, 0.15) is 44.7 Å². The summed E-state index contributed by atoms with van der Waals surface area (Å²) in [6.45, 7) is 1.72. The Morgan fingerprint density at radius 1 is 1.00 bits per heavy atom. The molecule has 0 aliphatic carbocycles. The summed E-state index contributed by atoms with van der Waals surface area (Å²) >= 11 is 1.03. The number of ether oxygens (including phenoxy) is 3. The van der Waals surface area contributed by atoms with Crippen LogP contribution in [0.15, 0.2) is 58.9 Å². The minimum Gasteiger partial charge on any atom is -0.465 e. The molecule has 4 rings (SSSR count). The summed E-state index contributed by atoms with van der Waals surface area (Å²) in [6, 6.07) is 14.7. The number of nitriles is 1. The standard InChI is InChI=1S/C28H23N3O7S/c1-4-38-28(35)22-21(16-9-11-18(12-10-16)27(34)37-3)19(14-29)23(30)31-24(32)20(39-25(22)31)13-15-5-7-17(8-6-15)26(33)36-2/h5-13,21H,4,30H2,1-3H3/b20-13-. The molecule has 11 heteroatoms. The Bertz CT molecular complexity index is 1720. The lowest BCUT2D eigenvalue weighted by atomic mass is 9.83. The average molecular weight is 546 g/mol. The van der Waals surface area contributed by atoms with Crippen molar-refractivity contribution in [1.82, 2.24) is 4.57 Å². The number of hydrogen-bond acceptors (Lipinski definition) is 10. The molecule has 10 nitrogen and oxygen atoms in total. The van der Waals surface area contributed by atoms with E-state index in [9.17, 15) is 24.4 Å². The molecule has 0 fully saturated rings. The van der Waals surface area contributed by atoms with Crippen molar-refractivity contribution in [2.24, 2.45) is 5.73 Å². The fourth-order valence-electron chi connectivity index (χ4n) is 4.20. The number of esters is 3. The summed E-state index contributed by atoms with van der Waals surface area (Å²) in [5.41, 5.74) is 7.67. The van der Waals surface area contributed by atoms with Gasteiger partial charge in [-0.1, -0.05) is 24.3 Å². The number of benzene rings is 2. The van der Waals surface area contributed by atoms with E-state index in [1.807, 2.05) is 0 Å². The first-order valence-corrected chi connectivity index (χ1v) is 12.5. The summed E-state index contributed by atoms with van der Waals surface area (Å²) in [4.78, 5) is 50.4. The molecule has 3 aromatic rings. The molecule has 1 aliphatic rings. The summed E-state index contributed by atoms with van der Waals surface area (Å²) in [6.07, 6.45) is 1.60. The molecule has 0 saturated carbocycles. The molecule has 0 saturated heterocycles. The van der Waals surface area contributed by atoms with Gasteiger partial charge in [-0.05, 0) is 48.4 Å². The lowest BCUT2D eigenvalue weighted by Gasteiger charge is -2.24. The number of carbonyl (C=O) groups is 3. The molecule has 1 atom stereocenters. The number of allylic oxidation sites excluding steroid dienone is 1. The first kappa shape index (κ1) is 27.1. The third-order valence-electron chi connectivity index (χ3n) is 6.06. The molecule has 2 heterocycles. The van der Waals surface area contributed by atoms with E-state index in [2.05, 4.69) is 6.07 Å². The van der Waals surface area contributed by atoms with Crippen LogP contribution in [0.5, 0.6) is 0 Å². The molecule has 1 aromatic heterocycles. The van der Waals surface area contributed by atoms with Crippen LogP contribution >= 0.6 is 11.3 Å². The van der Waals surface area contributed by atoms with Gasteiger partial charge in [0.2, 0.25) is 0 Å². The summed E-state index contributed by atoms with van der Waals surface area (Å²) in [5.74, 6) is -2.78. The van der Waals surface area contributed by atoms with Gasteiger partial charge in [0.05, 0.1) is 59.6 Å². The van der Waals surface area contributed by atoms with Gasteiger partial charge in [0.1, 0.15) is 10.5 Å². The van der Waals surface area contributed by atoms with Gasteiger partial charge in [-0.15, -0.1) is 11.3 Å². The average Bonchev–Trinajstić information content (AvgIpc) is 3.27. The van der Waals surface area contributed by atoms with E-state index < -0.39 is 29.4 Å². The number of thiazole rings is 1. The minimum absolute atomic E-state index is 0.00903. The van der Waals surface area contributed by atoms with Crippen LogP contribution < -0.4 is 20.5 Å². The van der Waals surface area contributed by atoms with Crippen molar-refractivity contribution in [2.45, 2.75) is 12.8 Å². The molecule has 0 amide bonds. The van der Waals surface area contributed by atoms with Crippen molar-refractivity contribution >= 4 is 46.7 Å². The molecule has 1 unspecified atom stereocenters. The van der Waals surface area contributed by atoms with Gasteiger partial charge in [0.25, 0.3) is 5.56 Å². The molecule has 2 N–H and O–H groups in total. The number of carbonyl (C=O) groups excluding carboxylic acids is 3. The minimum atomic E-state index is -0.939. The third-order valence-corrected chi connectivity index (χ3v) is 7.17. The number of methoxy groups -OCH3 is 2. The van der Waals surface area contributed by atoms with Crippen molar-refractivity contribution in [3.8, 4) is 6.07 Å². The van der Waals surface area contributed by atoms with Crippen LogP contribution in [-0.2, 0) is 19.0 Å². The Balaban J connectivity index is 1.97. The van der Waals surface area contributed by atoms with Crippen LogP contribution in [0.2, 0.25) is 0 Å². The third kappa shape index (κ3) is 4.97. The number of fused-ring (bicyclic) bond motifs is 1. The van der Waals surface area contributed by atoms with Crippen molar-refractivity contribution in [1.29, 1.82) is 5.26 Å². The smallest absolute Gasteiger partial charge is 0.338 e. The van der Waals surface area contributed by atoms with Crippen LogP contribution in [0, 0.1) is 11.3 Å². The monoisotopic (exact) mass is 545 g/mol. The van der Waals surface area contributed by atoms with E-state index in [0.717, 1.165) is 15.9 Å². The highest BCUT2D eigenvalue weighted by Gasteiger charge is 2.36. The van der Waals surface area contributed by atoms with E-state index in [4.69, 9.17) is 19.9 Å². The number of nitrogens with zero attached hydrogens (tertiary/aromatic N) is 2. The Morgan fingerprint density at radius 2 is 1.56 bits per heavy atom. The fraction of sp³-hybridized carbons (Fsp3) is 0.179. The molecular formula is C28H23N3O7S. The van der Waals surface area contributed by atoms with Crippen LogP contribution in [0.3, 0.4) is 0 Å². The van der Waals surface area contributed by atoms with Gasteiger partial charge < -0.3 is 19.9 Å². The second-order valence-corrected chi connectivity index (χ2v) is 9.29. The van der Waals surface area contributed by atoms with Gasteiger partial charge in [0, 0.05) is 0 Å². The van der Waals surface area contributed by atoms with Gasteiger partial charge in [0.15, 0.2) is 0 Å². The number of hydrogen-bond donors (Lipinski definition) is 1. The highest BCUT2D eigenvalue weighted by atomic mass is 32.1. The number of aromatic nitrogens is 1. The highest BCUT2D eigenvalue weighted by molar-refractivity contribution is 7.07. The maximum atomic E-state index is 13.5. The van der Waals surface area contributed by atoms with Crippen LogP contribution in [0.4, 0.5) is 0 Å². The quantitative estimate of drug-likeness (QED) is 0.359. The fourth-order valence-corrected chi connectivity index (χ4v) is 5.37. The van der Waals surface area contributed by atoms with E-state index in [-0.39, 0.29) is 38.3 Å². The SMILES string of the molecule is CCOC(=O)C1=c2s/c(=C\c3ccc(C(=O)OC)cc3)c(=O)n2C(N)=C(C#N)C1c1ccc(C(=O)OC)cc1. The van der Waals surface area contributed by atoms with Crippen molar-refractivity contribution in [3.05, 3.63) is 95.9 Å². The Kier molecular flexibility index (Phi) is 7.78. The van der Waals surface area contributed by atoms with Crippen LogP contribution in [-0.4, -0.2) is 43.3 Å². The first-order chi connectivity index (χ1) is 18.7. The first-order valence-electron chi connectivity index (χ1n) is 11.7. The summed E-state index contributed by atoms with van der Waals surface area (Å²) in [7, 11) is 2.55. The van der Waals surface area contributed by atoms with Gasteiger partial charge in [-0.25, -0.2) is 14.4 Å². The Morgan fingerprint density at radius 3 is 2.08 bits per heavy atom. The van der Waals surface area contributed by atoms with E-state index in [1.54, 1.807) is 49.4 Å². The zero-order valence-electron chi connectivity index (χ0n) is 21.2. The van der Waals surface area contributed by atoms with Crippen LogP contribution in [0.25, 0.3) is 17.5 Å². The lowest BCUT2D eigenvalue weighted by Crippen LogP contribution is -2.40. The van der Waals surface area contributed by atoms with E-state index in [1.165, 1.54) is 26.4 Å². The predicted molar refractivity (Wildman–Crippen MR) is 143 cm³/mol. The van der Waals surface area contributed by atoms with E-state index >= 15 is 0 Å². The molecular weight excluding hydrogens is 522 g/mol. The molecule has 39 heavy (non-hydrogen) atoms. The summed E-state index contributed by atoms with van der Waals surface area (Å²) < 4.78 is 16.4. The van der Waals surface area contributed by atoms with Gasteiger partial charge in [-0.2, -0.15) is 5.26 Å². The molecule has 1 aliphatic heterocycles. The van der Waals surface area contributed by atoms with Gasteiger partial charge in [-0.3, -0.25) is 9.36 Å². The maximum absolute atomic E-state index is 13.5. The molecule has 0 spiro atoms. The lowest BCUT2D eigenvalue weighted by molar-refractivity contribution is -0.136. The molecule has 0 bridgehead atoms. The zero-order chi connectivity index (χ0) is 28.3. The van der Waals surface area contributed by atoms with E-state index in [0.29, 0.717) is 16.7 Å².